The lowest BCUT2D eigenvalue weighted by atomic mass is 9.95. The van der Waals surface area contributed by atoms with Crippen molar-refractivity contribution in [3.63, 3.8) is 0 Å². The number of nitrogens with zero attached hydrogens (tertiary/aromatic N) is 1. The summed E-state index contributed by atoms with van der Waals surface area (Å²) in [6, 6.07) is 6.59. The van der Waals surface area contributed by atoms with E-state index < -0.39 is 16.8 Å². The highest BCUT2D eigenvalue weighted by Gasteiger charge is 2.57. The largest absolute Gasteiger partial charge is 0.352 e. The molecule has 7 heteroatoms. The van der Waals surface area contributed by atoms with E-state index in [9.17, 15) is 14.4 Å². The van der Waals surface area contributed by atoms with Crippen LogP contribution in [0.4, 0.5) is 0 Å². The lowest BCUT2D eigenvalue weighted by Crippen LogP contribution is -2.58. The third-order valence-electron chi connectivity index (χ3n) is 6.26. The number of thioether (sulfide) groups is 1. The molecular weight excluding hydrogens is 386 g/mol. The molecule has 4 rings (SSSR count). The zero-order chi connectivity index (χ0) is 20.9. The first-order valence-electron chi connectivity index (χ1n) is 10.4. The second-order valence-electron chi connectivity index (χ2n) is 8.93. The molecule has 0 radical (unpaired) electrons. The Morgan fingerprint density at radius 2 is 1.97 bits per heavy atom. The maximum atomic E-state index is 13.4. The topological polar surface area (TPSA) is 78.5 Å². The van der Waals surface area contributed by atoms with E-state index in [4.69, 9.17) is 0 Å². The van der Waals surface area contributed by atoms with Crippen molar-refractivity contribution >= 4 is 29.5 Å². The van der Waals surface area contributed by atoms with Crippen LogP contribution in [0.2, 0.25) is 0 Å². The van der Waals surface area contributed by atoms with E-state index in [0.29, 0.717) is 5.56 Å². The van der Waals surface area contributed by atoms with Gasteiger partial charge in [0.05, 0.1) is 0 Å². The molecular formula is C22H29N3O3S. The molecule has 3 aliphatic rings. The molecule has 1 aliphatic carbocycles. The van der Waals surface area contributed by atoms with Gasteiger partial charge in [-0.25, -0.2) is 0 Å². The number of hydrogen-bond acceptors (Lipinski definition) is 4. The highest BCUT2D eigenvalue weighted by atomic mass is 32.2. The van der Waals surface area contributed by atoms with Crippen LogP contribution in [0.3, 0.4) is 0 Å². The fourth-order valence-electron chi connectivity index (χ4n) is 4.26. The highest BCUT2D eigenvalue weighted by molar-refractivity contribution is 8.01. The van der Waals surface area contributed by atoms with Crippen LogP contribution >= 0.6 is 11.8 Å². The van der Waals surface area contributed by atoms with Crippen LogP contribution in [0.15, 0.2) is 24.3 Å². The van der Waals surface area contributed by atoms with Crippen LogP contribution < -0.4 is 10.6 Å². The number of nitrogens with one attached hydrogen (secondary N) is 2. The van der Waals surface area contributed by atoms with E-state index in [1.807, 2.05) is 52.0 Å². The summed E-state index contributed by atoms with van der Waals surface area (Å²) in [6.07, 6.45) is 2.78. The average Bonchev–Trinajstić information content (AvgIpc) is 3.40. The van der Waals surface area contributed by atoms with Gasteiger partial charge in [-0.3, -0.25) is 14.4 Å². The summed E-state index contributed by atoms with van der Waals surface area (Å²) in [5.41, 5.74) is 1.64. The Bertz CT molecular complexity index is 851. The fourth-order valence-corrected chi connectivity index (χ4v) is 5.85. The second-order valence-corrected chi connectivity index (χ2v) is 10.7. The number of fused-ring (bicyclic) bond motifs is 3. The van der Waals surface area contributed by atoms with Crippen molar-refractivity contribution in [2.75, 3.05) is 0 Å². The Kier molecular flexibility index (Phi) is 5.13. The number of benzene rings is 1. The number of carbonyl (C=O) groups excluding carboxylic acids is 3. The maximum absolute atomic E-state index is 13.4. The molecule has 1 saturated heterocycles. The lowest BCUT2D eigenvalue weighted by molar-refractivity contribution is -0.133. The second kappa shape index (κ2) is 7.35. The summed E-state index contributed by atoms with van der Waals surface area (Å²) in [6.45, 7) is 7.99. The molecule has 1 aromatic rings. The van der Waals surface area contributed by atoms with Crippen LogP contribution in [0, 0.1) is 5.92 Å². The Balaban J connectivity index is 1.58. The number of rotatable bonds is 6. The fraction of sp³-hybridized carbons (Fsp3) is 0.591. The van der Waals surface area contributed by atoms with Crippen LogP contribution in [-0.4, -0.2) is 45.5 Å². The summed E-state index contributed by atoms with van der Waals surface area (Å²) in [7, 11) is 0. The first-order chi connectivity index (χ1) is 13.7. The SMILES string of the molecule is CC[C@@H](C)[C@H](NC(=O)[C@H]1N2C(=O)c3ccccc3[C@H]2SC1(C)C)C(=O)NC1CC1. The van der Waals surface area contributed by atoms with Gasteiger partial charge < -0.3 is 15.5 Å². The van der Waals surface area contributed by atoms with Crippen molar-refractivity contribution < 1.29 is 14.4 Å². The van der Waals surface area contributed by atoms with Crippen molar-refractivity contribution in [3.8, 4) is 0 Å². The Hall–Kier alpha value is -2.02. The third-order valence-corrected chi connectivity index (χ3v) is 7.80. The highest BCUT2D eigenvalue weighted by Crippen LogP contribution is 2.56. The minimum atomic E-state index is -0.627. The van der Waals surface area contributed by atoms with Crippen molar-refractivity contribution in [1.29, 1.82) is 0 Å². The predicted octanol–water partition coefficient (Wildman–Crippen LogP) is 2.84. The summed E-state index contributed by atoms with van der Waals surface area (Å²) in [4.78, 5) is 41.0. The predicted molar refractivity (Wildman–Crippen MR) is 113 cm³/mol. The monoisotopic (exact) mass is 415 g/mol. The van der Waals surface area contributed by atoms with E-state index >= 15 is 0 Å². The van der Waals surface area contributed by atoms with Gasteiger partial charge in [-0.15, -0.1) is 11.8 Å². The van der Waals surface area contributed by atoms with Crippen molar-refractivity contribution in [1.82, 2.24) is 15.5 Å². The smallest absolute Gasteiger partial charge is 0.256 e. The van der Waals surface area contributed by atoms with Crippen molar-refractivity contribution in [2.24, 2.45) is 5.92 Å². The van der Waals surface area contributed by atoms with Crippen LogP contribution in [0.25, 0.3) is 0 Å². The van der Waals surface area contributed by atoms with Crippen LogP contribution in [-0.2, 0) is 9.59 Å². The number of carbonyl (C=O) groups is 3. The first kappa shape index (κ1) is 20.3. The molecule has 1 aromatic carbocycles. The normalized spacial score (nSPS) is 26.5. The number of hydrogen-bond donors (Lipinski definition) is 2. The molecule has 2 aliphatic heterocycles. The summed E-state index contributed by atoms with van der Waals surface area (Å²) < 4.78 is -0.453. The molecule has 1 saturated carbocycles. The van der Waals surface area contributed by atoms with Gasteiger partial charge in [0.15, 0.2) is 0 Å². The molecule has 6 nitrogen and oxygen atoms in total. The van der Waals surface area contributed by atoms with Gasteiger partial charge in [-0.2, -0.15) is 0 Å². The Labute approximate surface area is 176 Å². The molecule has 2 heterocycles. The summed E-state index contributed by atoms with van der Waals surface area (Å²) in [5.74, 6) is -0.461. The van der Waals surface area contributed by atoms with Crippen molar-refractivity contribution in [2.45, 2.75) is 75.2 Å². The van der Waals surface area contributed by atoms with Crippen LogP contribution in [0.5, 0.6) is 0 Å². The van der Waals surface area contributed by atoms with Gasteiger partial charge in [-0.05, 0) is 44.2 Å². The minimum absolute atomic E-state index is 0.0112. The molecule has 156 valence electrons. The van der Waals surface area contributed by atoms with Gasteiger partial charge >= 0.3 is 0 Å². The van der Waals surface area contributed by atoms with Gasteiger partial charge in [0.2, 0.25) is 11.8 Å². The van der Waals surface area contributed by atoms with Crippen LogP contribution in [0.1, 0.15) is 68.3 Å². The molecule has 3 amide bonds. The molecule has 0 aromatic heterocycles. The quantitative estimate of drug-likeness (QED) is 0.749. The lowest BCUT2D eigenvalue weighted by Gasteiger charge is -2.32. The molecule has 29 heavy (non-hydrogen) atoms. The van der Waals surface area contributed by atoms with Crippen molar-refractivity contribution in [3.05, 3.63) is 35.4 Å². The molecule has 0 unspecified atom stereocenters. The minimum Gasteiger partial charge on any atom is -0.352 e. The molecule has 2 N–H and O–H groups in total. The Morgan fingerprint density at radius 1 is 1.28 bits per heavy atom. The van der Waals surface area contributed by atoms with Gasteiger partial charge in [0.1, 0.15) is 17.5 Å². The zero-order valence-electron chi connectivity index (χ0n) is 17.4. The van der Waals surface area contributed by atoms with E-state index in [0.717, 1.165) is 24.8 Å². The van der Waals surface area contributed by atoms with E-state index in [-0.39, 0.29) is 35.1 Å². The van der Waals surface area contributed by atoms with E-state index in [2.05, 4.69) is 10.6 Å². The molecule has 4 atom stereocenters. The molecule has 2 fully saturated rings. The third kappa shape index (κ3) is 3.54. The maximum Gasteiger partial charge on any atom is 0.256 e. The molecule has 0 bridgehead atoms. The summed E-state index contributed by atoms with van der Waals surface area (Å²) >= 11 is 1.64. The average molecular weight is 416 g/mol. The van der Waals surface area contributed by atoms with Gasteiger partial charge in [0, 0.05) is 16.4 Å². The Morgan fingerprint density at radius 3 is 2.62 bits per heavy atom. The molecule has 0 spiro atoms. The van der Waals surface area contributed by atoms with Gasteiger partial charge in [-0.1, -0.05) is 38.5 Å². The standard InChI is InChI=1S/C22H29N3O3S/c1-5-12(2)16(18(26)23-13-10-11-13)24-19(27)17-22(3,4)29-21-15-9-7-6-8-14(15)20(28)25(17)21/h6-9,12-13,16-17,21H,5,10-11H2,1-4H3,(H,23,26)(H,24,27)/t12-,16+,17-,21-/m1/s1. The summed E-state index contributed by atoms with van der Waals surface area (Å²) in [5, 5.41) is 5.86. The number of amides is 3. The van der Waals surface area contributed by atoms with E-state index in [1.54, 1.807) is 16.7 Å². The van der Waals surface area contributed by atoms with E-state index in [1.165, 1.54) is 0 Å². The zero-order valence-corrected chi connectivity index (χ0v) is 18.2. The van der Waals surface area contributed by atoms with Gasteiger partial charge in [0.25, 0.3) is 5.91 Å². The first-order valence-corrected chi connectivity index (χ1v) is 11.3.